The van der Waals surface area contributed by atoms with E-state index in [1.165, 1.54) is 17.6 Å². The van der Waals surface area contributed by atoms with Crippen molar-refractivity contribution in [1.82, 2.24) is 10.3 Å². The average Bonchev–Trinajstić information content (AvgIpc) is 3.20. The van der Waals surface area contributed by atoms with Crippen LogP contribution in [0.15, 0.2) is 40.9 Å². The Balaban J connectivity index is 1.55. The number of thiazole rings is 1. The number of aryl methyl sites for hydroxylation is 1. The summed E-state index contributed by atoms with van der Waals surface area (Å²) in [6.45, 7) is 7.44. The van der Waals surface area contributed by atoms with Crippen molar-refractivity contribution in [3.8, 4) is 10.4 Å². The molecule has 2 aliphatic rings. The normalized spacial score (nSPS) is 26.7. The van der Waals surface area contributed by atoms with Crippen LogP contribution in [0.2, 0.25) is 0 Å². The Morgan fingerprint density at radius 2 is 2.06 bits per heavy atom. The molecule has 1 aliphatic carbocycles. The molecule has 2 aromatic rings. The van der Waals surface area contributed by atoms with Crippen LogP contribution in [0.1, 0.15) is 50.6 Å². The fraction of sp³-hybridized carbons (Fsp3) is 0.458. The van der Waals surface area contributed by atoms with Gasteiger partial charge < -0.3 is 20.8 Å². The highest BCUT2D eigenvalue weighted by atomic mass is 32.1. The number of nitrogens with zero attached hydrogens (tertiary/aromatic N) is 2. The third-order valence-corrected chi connectivity index (χ3v) is 7.69. The second-order valence-corrected chi connectivity index (χ2v) is 10.7. The quantitative estimate of drug-likeness (QED) is 0.499. The van der Waals surface area contributed by atoms with Crippen molar-refractivity contribution in [3.05, 3.63) is 46.5 Å². The van der Waals surface area contributed by atoms with E-state index in [4.69, 9.17) is 0 Å². The zero-order chi connectivity index (χ0) is 24.0. The van der Waals surface area contributed by atoms with E-state index in [0.717, 1.165) is 21.7 Å². The van der Waals surface area contributed by atoms with Gasteiger partial charge in [0.1, 0.15) is 10.6 Å². The van der Waals surface area contributed by atoms with Crippen molar-refractivity contribution >= 4 is 29.2 Å². The van der Waals surface area contributed by atoms with Gasteiger partial charge in [-0.1, -0.05) is 19.9 Å². The number of aliphatic carboxylic acids is 1. The van der Waals surface area contributed by atoms with Crippen LogP contribution in [0, 0.1) is 18.3 Å². The van der Waals surface area contributed by atoms with Crippen LogP contribution in [0.4, 0.5) is 10.1 Å². The lowest BCUT2D eigenvalue weighted by Crippen LogP contribution is -2.44. The molecule has 0 bridgehead atoms. The summed E-state index contributed by atoms with van der Waals surface area (Å²) in [4.78, 5) is 21.2. The Hall–Kier alpha value is -2.78. The molecule has 1 aromatic heterocycles. The number of nitrogens with one attached hydrogen (secondary N) is 2. The number of aromatic nitrogens is 1. The van der Waals surface area contributed by atoms with Gasteiger partial charge in [0.05, 0.1) is 17.0 Å². The molecule has 1 fully saturated rings. The Kier molecular flexibility index (Phi) is 6.05. The topological polar surface area (TPSA) is 107 Å². The maximum Gasteiger partial charge on any atom is 0.307 e. The minimum Gasteiger partial charge on any atom is -0.481 e. The zero-order valence-electron chi connectivity index (χ0n) is 19.1. The third-order valence-electron chi connectivity index (χ3n) is 6.45. The summed E-state index contributed by atoms with van der Waals surface area (Å²) in [5.74, 6) is -1.67. The largest absolute Gasteiger partial charge is 0.481 e. The highest BCUT2D eigenvalue weighted by Gasteiger charge is 2.49. The molecule has 7 nitrogen and oxygen atoms in total. The Morgan fingerprint density at radius 1 is 1.30 bits per heavy atom. The number of carboxylic acid groups (broad SMARTS) is 1. The number of anilines is 1. The van der Waals surface area contributed by atoms with Crippen LogP contribution in [0.5, 0.6) is 0 Å². The van der Waals surface area contributed by atoms with Gasteiger partial charge in [-0.05, 0) is 61.8 Å². The van der Waals surface area contributed by atoms with E-state index >= 15 is 0 Å². The fourth-order valence-corrected chi connectivity index (χ4v) is 5.81. The number of carboxylic acids is 1. The van der Waals surface area contributed by atoms with Gasteiger partial charge in [-0.15, -0.1) is 11.3 Å². The smallest absolute Gasteiger partial charge is 0.307 e. The molecular weight excluding hydrogens is 443 g/mol. The van der Waals surface area contributed by atoms with E-state index < -0.39 is 29.2 Å². The number of hydrogen-bond donors (Lipinski definition) is 4. The molecule has 1 aliphatic heterocycles. The lowest BCUT2D eigenvalue weighted by atomic mass is 9.63. The molecule has 0 amide bonds. The summed E-state index contributed by atoms with van der Waals surface area (Å²) < 4.78 is 13.5. The third kappa shape index (κ3) is 4.79. The van der Waals surface area contributed by atoms with Gasteiger partial charge in [0.15, 0.2) is 12.1 Å². The van der Waals surface area contributed by atoms with Crippen LogP contribution in [0.3, 0.4) is 0 Å². The van der Waals surface area contributed by atoms with Gasteiger partial charge in [0, 0.05) is 17.6 Å². The fourth-order valence-electron chi connectivity index (χ4n) is 4.79. The number of benzene rings is 1. The first kappa shape index (κ1) is 23.4. The van der Waals surface area contributed by atoms with E-state index in [9.17, 15) is 19.4 Å². The van der Waals surface area contributed by atoms with Crippen LogP contribution >= 0.6 is 11.3 Å². The van der Waals surface area contributed by atoms with Crippen molar-refractivity contribution in [3.63, 3.8) is 0 Å². The van der Waals surface area contributed by atoms with Crippen LogP contribution in [-0.2, 0) is 10.4 Å². The number of hydrogen-bond acceptors (Lipinski definition) is 7. The molecule has 1 saturated carbocycles. The summed E-state index contributed by atoms with van der Waals surface area (Å²) in [5.41, 5.74) is 1.55. The standard InChI is InChI=1S/C24H29FN4O3S/c1-13-7-15(9-16(8-13)29-22-27-10-18(25)14(2)28-22)19-11-26-21(33-19)24(32)6-5-17(20(30)31)23(3,4)12-24/h7-11,17,22,28-29,32H,5-6,12H2,1-4H3,(H,30,31)/t17?,22?,24-/m0/s1. The summed E-state index contributed by atoms with van der Waals surface area (Å²) in [5, 5.41) is 27.8. The summed E-state index contributed by atoms with van der Waals surface area (Å²) >= 11 is 1.43. The molecule has 0 radical (unpaired) electrons. The second kappa shape index (κ2) is 8.53. The zero-order valence-corrected chi connectivity index (χ0v) is 20.0. The van der Waals surface area contributed by atoms with Crippen molar-refractivity contribution in [2.24, 2.45) is 16.3 Å². The van der Waals surface area contributed by atoms with Crippen LogP contribution in [-0.4, -0.2) is 33.7 Å². The Bertz CT molecular complexity index is 1140. The van der Waals surface area contributed by atoms with Gasteiger partial charge in [-0.3, -0.25) is 4.79 Å². The number of halogens is 1. The van der Waals surface area contributed by atoms with Crippen molar-refractivity contribution in [1.29, 1.82) is 0 Å². The van der Waals surface area contributed by atoms with E-state index in [1.807, 2.05) is 39.0 Å². The van der Waals surface area contributed by atoms with E-state index in [2.05, 4.69) is 20.6 Å². The second-order valence-electron chi connectivity index (χ2n) is 9.69. The van der Waals surface area contributed by atoms with Gasteiger partial charge in [0.25, 0.3) is 0 Å². The highest BCUT2D eigenvalue weighted by molar-refractivity contribution is 7.15. The first-order valence-corrected chi connectivity index (χ1v) is 11.7. The van der Waals surface area contributed by atoms with Crippen molar-refractivity contribution in [2.75, 3.05) is 5.32 Å². The first-order chi connectivity index (χ1) is 15.5. The molecule has 0 saturated heterocycles. The molecule has 176 valence electrons. The molecule has 4 N–H and O–H groups in total. The number of carbonyl (C=O) groups is 1. The Labute approximate surface area is 196 Å². The van der Waals surface area contributed by atoms with E-state index in [-0.39, 0.29) is 5.83 Å². The minimum absolute atomic E-state index is 0.347. The maximum atomic E-state index is 13.5. The SMILES string of the molecule is CC1=C(F)C=NC(Nc2cc(C)cc(-c3cnc([C@]4(O)CCC(C(=O)O)C(C)(C)C4)s3)c2)N1. The van der Waals surface area contributed by atoms with Gasteiger partial charge in [0.2, 0.25) is 0 Å². The molecule has 2 heterocycles. The lowest BCUT2D eigenvalue weighted by molar-refractivity contribution is -0.154. The molecule has 0 spiro atoms. The van der Waals surface area contributed by atoms with Crippen molar-refractivity contribution < 1.29 is 19.4 Å². The molecule has 1 aromatic carbocycles. The highest BCUT2D eigenvalue weighted by Crippen LogP contribution is 2.50. The molecule has 33 heavy (non-hydrogen) atoms. The first-order valence-electron chi connectivity index (χ1n) is 10.9. The number of aliphatic imine (C=N–C) groups is 1. The van der Waals surface area contributed by atoms with Crippen LogP contribution in [0.25, 0.3) is 10.4 Å². The van der Waals surface area contributed by atoms with Gasteiger partial charge >= 0.3 is 5.97 Å². The lowest BCUT2D eigenvalue weighted by Gasteiger charge is -2.44. The maximum absolute atomic E-state index is 13.5. The number of aliphatic hydroxyl groups is 1. The van der Waals surface area contributed by atoms with E-state index in [1.54, 1.807) is 13.1 Å². The molecule has 4 rings (SSSR count). The minimum atomic E-state index is -1.14. The molecule has 9 heteroatoms. The van der Waals surface area contributed by atoms with Gasteiger partial charge in [-0.2, -0.15) is 0 Å². The monoisotopic (exact) mass is 472 g/mol. The predicted molar refractivity (Wildman–Crippen MR) is 128 cm³/mol. The predicted octanol–water partition coefficient (Wildman–Crippen LogP) is 4.79. The summed E-state index contributed by atoms with van der Waals surface area (Å²) in [6.07, 6.45) is 3.62. The molecular formula is C24H29FN4O3S. The summed E-state index contributed by atoms with van der Waals surface area (Å²) in [6, 6.07) is 6.00. The van der Waals surface area contributed by atoms with Crippen LogP contribution < -0.4 is 10.6 Å². The Morgan fingerprint density at radius 3 is 2.73 bits per heavy atom. The number of rotatable bonds is 5. The van der Waals surface area contributed by atoms with Crippen molar-refractivity contribution in [2.45, 2.75) is 58.8 Å². The summed E-state index contributed by atoms with van der Waals surface area (Å²) in [7, 11) is 0. The van der Waals surface area contributed by atoms with Gasteiger partial charge in [-0.25, -0.2) is 14.4 Å². The molecule has 2 unspecified atom stereocenters. The average molecular weight is 473 g/mol. The molecule has 3 atom stereocenters. The van der Waals surface area contributed by atoms with E-state index in [0.29, 0.717) is 30.0 Å². The number of allylic oxidation sites excluding steroid dienone is 2.